The second-order valence-electron chi connectivity index (χ2n) is 8.16. The largest absolute Gasteiger partial charge is 0.322 e. The van der Waals surface area contributed by atoms with Gasteiger partial charge in [-0.2, -0.15) is 0 Å². The van der Waals surface area contributed by atoms with Gasteiger partial charge in [-0.3, -0.25) is 9.59 Å². The molecule has 1 N–H and O–H groups in total. The van der Waals surface area contributed by atoms with Gasteiger partial charge in [-0.05, 0) is 71.6 Å². The minimum Gasteiger partial charge on any atom is -0.322 e. The summed E-state index contributed by atoms with van der Waals surface area (Å²) in [5.74, 6) is -0.426. The lowest BCUT2D eigenvalue weighted by Gasteiger charge is -2.23. The van der Waals surface area contributed by atoms with E-state index in [0.717, 1.165) is 23.2 Å². The maximum Gasteiger partial charge on any atom is 0.258 e. The van der Waals surface area contributed by atoms with Gasteiger partial charge in [0, 0.05) is 32.5 Å². The Kier molecular flexibility index (Phi) is 6.10. The third kappa shape index (κ3) is 4.56. The summed E-state index contributed by atoms with van der Waals surface area (Å²) in [5, 5.41) is 3.59. The molecule has 4 aromatic carbocycles. The van der Waals surface area contributed by atoms with Gasteiger partial charge in [-0.1, -0.05) is 65.7 Å². The fourth-order valence-electron chi connectivity index (χ4n) is 4.19. The second-order valence-corrected chi connectivity index (χ2v) is 9.03. The van der Waals surface area contributed by atoms with Crippen molar-refractivity contribution in [2.24, 2.45) is 0 Å². The van der Waals surface area contributed by atoms with Crippen molar-refractivity contribution in [2.45, 2.75) is 13.0 Å². The van der Waals surface area contributed by atoms with Crippen molar-refractivity contribution in [3.63, 3.8) is 0 Å². The smallest absolute Gasteiger partial charge is 0.258 e. The molecule has 4 nitrogen and oxygen atoms in total. The third-order valence-corrected chi connectivity index (χ3v) is 6.31. The molecule has 5 rings (SSSR count). The molecule has 1 aliphatic rings. The molecule has 0 aromatic heterocycles. The summed E-state index contributed by atoms with van der Waals surface area (Å²) in [6.45, 7) is 0.500. The molecular weight excluding hydrogens is 467 g/mol. The molecule has 0 fully saturated rings. The number of anilines is 2. The van der Waals surface area contributed by atoms with Crippen LogP contribution in [-0.4, -0.2) is 11.8 Å². The van der Waals surface area contributed by atoms with Crippen LogP contribution >= 0.6 is 23.2 Å². The van der Waals surface area contributed by atoms with Crippen LogP contribution in [0.25, 0.3) is 0 Å². The third-order valence-electron chi connectivity index (χ3n) is 5.87. The van der Waals surface area contributed by atoms with Crippen LogP contribution in [0.2, 0.25) is 10.0 Å². The van der Waals surface area contributed by atoms with Crippen LogP contribution in [0.15, 0.2) is 91.0 Å². The van der Waals surface area contributed by atoms with Gasteiger partial charge >= 0.3 is 0 Å². The number of nitrogens with one attached hydrogen (secondary N) is 1. The highest BCUT2D eigenvalue weighted by Crippen LogP contribution is 2.32. The van der Waals surface area contributed by atoms with Crippen molar-refractivity contribution >= 4 is 46.4 Å². The van der Waals surface area contributed by atoms with E-state index in [-0.39, 0.29) is 11.8 Å². The number of fused-ring (bicyclic) bond motifs is 2. The summed E-state index contributed by atoms with van der Waals surface area (Å²) in [6.07, 6.45) is 0.786. The Morgan fingerprint density at radius 1 is 0.706 bits per heavy atom. The number of hydrogen-bond acceptors (Lipinski definition) is 2. The van der Waals surface area contributed by atoms with Gasteiger partial charge in [0.15, 0.2) is 0 Å². The van der Waals surface area contributed by atoms with Gasteiger partial charge in [-0.15, -0.1) is 0 Å². The van der Waals surface area contributed by atoms with Crippen molar-refractivity contribution in [3.05, 3.63) is 129 Å². The quantitative estimate of drug-likeness (QED) is 0.338. The highest BCUT2D eigenvalue weighted by atomic mass is 35.5. The highest BCUT2D eigenvalue weighted by Gasteiger charge is 2.24. The molecule has 1 heterocycles. The minimum absolute atomic E-state index is 0.0938. The molecule has 0 unspecified atom stereocenters. The first-order valence-electron chi connectivity index (χ1n) is 10.8. The molecule has 34 heavy (non-hydrogen) atoms. The number of carbonyl (C=O) groups is 2. The molecule has 0 bridgehead atoms. The Hall–Kier alpha value is -3.60. The number of benzene rings is 4. The lowest BCUT2D eigenvalue weighted by atomic mass is 10.0. The topological polar surface area (TPSA) is 49.4 Å². The van der Waals surface area contributed by atoms with Crippen LogP contribution in [0.5, 0.6) is 0 Å². The number of hydrogen-bond donors (Lipinski definition) is 1. The Bertz CT molecular complexity index is 1380. The highest BCUT2D eigenvalue weighted by molar-refractivity contribution is 6.35. The molecule has 0 aliphatic carbocycles. The number of para-hydroxylation sites is 1. The normalized spacial score (nSPS) is 12.4. The number of nitrogens with zero attached hydrogens (tertiary/aromatic N) is 1. The van der Waals surface area contributed by atoms with E-state index in [0.29, 0.717) is 33.4 Å². The fourth-order valence-corrected chi connectivity index (χ4v) is 4.72. The predicted molar refractivity (Wildman–Crippen MR) is 137 cm³/mol. The van der Waals surface area contributed by atoms with Crippen molar-refractivity contribution in [3.8, 4) is 0 Å². The van der Waals surface area contributed by atoms with Crippen LogP contribution in [0.1, 0.15) is 37.4 Å². The zero-order valence-electron chi connectivity index (χ0n) is 18.1. The van der Waals surface area contributed by atoms with Gasteiger partial charge < -0.3 is 10.2 Å². The van der Waals surface area contributed by atoms with Crippen LogP contribution in [-0.2, 0) is 13.0 Å². The van der Waals surface area contributed by atoms with Crippen LogP contribution < -0.4 is 10.2 Å². The fraction of sp³-hybridized carbons (Fsp3) is 0.0714. The Morgan fingerprint density at radius 2 is 1.32 bits per heavy atom. The van der Waals surface area contributed by atoms with E-state index in [1.807, 2.05) is 35.2 Å². The molecule has 0 radical (unpaired) electrons. The van der Waals surface area contributed by atoms with Crippen LogP contribution in [0.4, 0.5) is 11.4 Å². The van der Waals surface area contributed by atoms with E-state index in [1.54, 1.807) is 42.5 Å². The molecule has 0 spiro atoms. The molecular formula is C28H20Cl2N2O2. The first-order valence-corrected chi connectivity index (χ1v) is 11.6. The maximum absolute atomic E-state index is 13.6. The summed E-state index contributed by atoms with van der Waals surface area (Å²) in [6, 6.07) is 27.8. The average Bonchev–Trinajstić information content (AvgIpc) is 3.00. The standard InChI is InChI=1S/C28H20Cl2N2O2/c29-23-14-22(15-24(30)16-23)27(33)31-25-11-9-18(10-12-25)28(34)32-17-21-7-2-1-5-19(21)13-20-6-3-4-8-26(20)32/h1-12,14-16H,13,17H2,(H,31,33). The molecule has 4 aromatic rings. The van der Waals surface area contributed by atoms with E-state index in [4.69, 9.17) is 23.2 Å². The van der Waals surface area contributed by atoms with Gasteiger partial charge in [-0.25, -0.2) is 0 Å². The second kappa shape index (κ2) is 9.34. The summed E-state index contributed by atoms with van der Waals surface area (Å²) >= 11 is 12.0. The van der Waals surface area contributed by atoms with Crippen LogP contribution in [0.3, 0.4) is 0 Å². The number of carbonyl (C=O) groups excluding carboxylic acids is 2. The Balaban J connectivity index is 1.39. The number of amides is 2. The SMILES string of the molecule is O=C(Nc1ccc(C(=O)N2Cc3ccccc3Cc3ccccc32)cc1)c1cc(Cl)cc(Cl)c1. The van der Waals surface area contributed by atoms with Crippen molar-refractivity contribution in [1.82, 2.24) is 0 Å². The Labute approximate surface area is 207 Å². The molecule has 6 heteroatoms. The zero-order chi connectivity index (χ0) is 23.7. The van der Waals surface area contributed by atoms with Gasteiger partial charge in [0.1, 0.15) is 0 Å². The molecule has 168 valence electrons. The lowest BCUT2D eigenvalue weighted by molar-refractivity contribution is 0.0984. The van der Waals surface area contributed by atoms with Crippen molar-refractivity contribution < 1.29 is 9.59 Å². The molecule has 0 saturated heterocycles. The summed E-state index contributed by atoms with van der Waals surface area (Å²) < 4.78 is 0. The van der Waals surface area contributed by atoms with Gasteiger partial charge in [0.2, 0.25) is 0 Å². The molecule has 0 saturated carbocycles. The van der Waals surface area contributed by atoms with E-state index >= 15 is 0 Å². The van der Waals surface area contributed by atoms with E-state index in [1.165, 1.54) is 5.56 Å². The van der Waals surface area contributed by atoms with E-state index in [2.05, 4.69) is 23.5 Å². The molecule has 2 amide bonds. The number of rotatable bonds is 3. The summed E-state index contributed by atoms with van der Waals surface area (Å²) in [7, 11) is 0. The average molecular weight is 487 g/mol. The van der Waals surface area contributed by atoms with Crippen molar-refractivity contribution in [2.75, 3.05) is 10.2 Å². The van der Waals surface area contributed by atoms with Crippen molar-refractivity contribution in [1.29, 1.82) is 0 Å². The monoisotopic (exact) mass is 486 g/mol. The van der Waals surface area contributed by atoms with Gasteiger partial charge in [0.05, 0.1) is 6.54 Å². The Morgan fingerprint density at radius 3 is 2.03 bits per heavy atom. The number of halogens is 2. The van der Waals surface area contributed by atoms with E-state index in [9.17, 15) is 9.59 Å². The molecule has 1 aliphatic heterocycles. The van der Waals surface area contributed by atoms with Gasteiger partial charge in [0.25, 0.3) is 11.8 Å². The predicted octanol–water partition coefficient (Wildman–Crippen LogP) is 7.00. The maximum atomic E-state index is 13.6. The van der Waals surface area contributed by atoms with Crippen LogP contribution in [0, 0.1) is 0 Å². The van der Waals surface area contributed by atoms with E-state index < -0.39 is 0 Å². The zero-order valence-corrected chi connectivity index (χ0v) is 19.6. The first kappa shape index (κ1) is 22.2. The first-order chi connectivity index (χ1) is 16.5. The molecule has 0 atom stereocenters. The summed E-state index contributed by atoms with van der Waals surface area (Å²) in [4.78, 5) is 28.0. The summed E-state index contributed by atoms with van der Waals surface area (Å²) in [5.41, 5.74) is 5.86. The minimum atomic E-state index is -0.332. The lowest BCUT2D eigenvalue weighted by Crippen LogP contribution is -2.30.